The minimum absolute atomic E-state index is 0.816. The zero-order valence-corrected chi connectivity index (χ0v) is 26.0. The molecule has 48 heavy (non-hydrogen) atoms. The van der Waals surface area contributed by atoms with Gasteiger partial charge in [-0.1, -0.05) is 146 Å². The minimum Gasteiger partial charge on any atom is -0.456 e. The van der Waals surface area contributed by atoms with Gasteiger partial charge < -0.3 is 8.83 Å². The Morgan fingerprint density at radius 1 is 0.292 bits per heavy atom. The first-order valence-corrected chi connectivity index (χ1v) is 16.4. The van der Waals surface area contributed by atoms with Crippen molar-refractivity contribution in [2.75, 3.05) is 0 Å². The van der Waals surface area contributed by atoms with E-state index in [-0.39, 0.29) is 0 Å². The van der Waals surface area contributed by atoms with Gasteiger partial charge in [0.2, 0.25) is 0 Å². The largest absolute Gasteiger partial charge is 0.456 e. The van der Waals surface area contributed by atoms with Crippen molar-refractivity contribution in [3.8, 4) is 44.7 Å². The normalized spacial score (nSPS) is 11.8. The first-order chi connectivity index (χ1) is 23.8. The zero-order valence-electron chi connectivity index (χ0n) is 26.0. The smallest absolute Gasteiger partial charge is 0.147 e. The minimum atomic E-state index is 0.816. The molecule has 0 unspecified atom stereocenters. The van der Waals surface area contributed by atoms with Gasteiger partial charge in [0.25, 0.3) is 0 Å². The number of hydrogen-bond acceptors (Lipinski definition) is 2. The molecule has 0 saturated heterocycles. The summed E-state index contributed by atoms with van der Waals surface area (Å²) in [6.07, 6.45) is 0. The highest BCUT2D eigenvalue weighted by molar-refractivity contribution is 6.24. The Labute approximate surface area is 277 Å². The third kappa shape index (κ3) is 4.00. The van der Waals surface area contributed by atoms with Crippen molar-refractivity contribution < 1.29 is 8.83 Å². The van der Waals surface area contributed by atoms with Gasteiger partial charge in [-0.2, -0.15) is 0 Å². The standard InChI is InChI=1S/C46H28O2/c1-4-14-29(15-5-1)41-33-20-10-12-22-35(33)42(36-23-13-11-21-34(36)41)32-24-26-39-38(28-32)44-40(47-39)27-25-37-43(30-16-6-2-7-17-30)45(48-46(37)44)31-18-8-3-9-19-31/h1-28H. The molecule has 8 aromatic carbocycles. The number of furan rings is 2. The number of hydrogen-bond donors (Lipinski definition) is 0. The molecular formula is C46H28O2. The average molecular weight is 613 g/mol. The van der Waals surface area contributed by atoms with E-state index >= 15 is 0 Å². The predicted octanol–water partition coefficient (Wildman–Crippen LogP) is 13.3. The third-order valence-electron chi connectivity index (χ3n) is 9.67. The van der Waals surface area contributed by atoms with Crippen molar-refractivity contribution in [3.63, 3.8) is 0 Å². The second-order valence-corrected chi connectivity index (χ2v) is 12.4. The van der Waals surface area contributed by atoms with E-state index in [9.17, 15) is 0 Å². The topological polar surface area (TPSA) is 26.3 Å². The summed E-state index contributed by atoms with van der Waals surface area (Å²) in [5.74, 6) is 0.864. The van der Waals surface area contributed by atoms with E-state index in [1.165, 1.54) is 38.2 Å². The Balaban J connectivity index is 1.29. The average Bonchev–Trinajstić information content (AvgIpc) is 3.73. The molecule has 0 spiro atoms. The lowest BCUT2D eigenvalue weighted by molar-refractivity contribution is 0.634. The van der Waals surface area contributed by atoms with E-state index in [1.54, 1.807) is 0 Å². The first kappa shape index (κ1) is 26.8. The van der Waals surface area contributed by atoms with Crippen LogP contribution in [0.15, 0.2) is 179 Å². The maximum absolute atomic E-state index is 6.91. The van der Waals surface area contributed by atoms with Gasteiger partial charge in [0.05, 0.1) is 5.39 Å². The van der Waals surface area contributed by atoms with Gasteiger partial charge in [-0.05, 0) is 73.6 Å². The molecule has 0 aliphatic heterocycles. The summed E-state index contributed by atoms with van der Waals surface area (Å²) < 4.78 is 13.4. The van der Waals surface area contributed by atoms with Crippen LogP contribution < -0.4 is 0 Å². The van der Waals surface area contributed by atoms with Crippen molar-refractivity contribution in [1.82, 2.24) is 0 Å². The molecular weight excluding hydrogens is 585 g/mol. The zero-order chi connectivity index (χ0) is 31.6. The molecule has 0 bridgehead atoms. The molecule has 10 aromatic rings. The van der Waals surface area contributed by atoms with Crippen LogP contribution in [0.1, 0.15) is 0 Å². The molecule has 224 valence electrons. The van der Waals surface area contributed by atoms with Crippen molar-refractivity contribution in [2.24, 2.45) is 0 Å². The SMILES string of the molecule is c1ccc(-c2oc3c(ccc4oc5ccc(-c6c7ccccc7c(-c7ccccc7)c7ccccc67)cc5c43)c2-c2ccccc2)cc1. The van der Waals surface area contributed by atoms with E-state index in [1.807, 2.05) is 6.07 Å². The van der Waals surface area contributed by atoms with Crippen LogP contribution in [0.25, 0.3) is 99.2 Å². The highest BCUT2D eigenvalue weighted by atomic mass is 16.3. The summed E-state index contributed by atoms with van der Waals surface area (Å²) in [5, 5.41) is 8.04. The lowest BCUT2D eigenvalue weighted by Gasteiger charge is -2.17. The lowest BCUT2D eigenvalue weighted by Crippen LogP contribution is -1.90. The molecule has 10 rings (SSSR count). The molecule has 2 heterocycles. The van der Waals surface area contributed by atoms with Gasteiger partial charge in [0.15, 0.2) is 0 Å². The maximum atomic E-state index is 6.91. The summed E-state index contributed by atoms with van der Waals surface area (Å²) in [6, 6.07) is 60.1. The van der Waals surface area contributed by atoms with Gasteiger partial charge in [0.1, 0.15) is 22.5 Å². The monoisotopic (exact) mass is 612 g/mol. The van der Waals surface area contributed by atoms with Crippen LogP contribution in [0.3, 0.4) is 0 Å². The highest BCUT2D eigenvalue weighted by Crippen LogP contribution is 2.48. The Bertz CT molecular complexity index is 2750. The quantitative estimate of drug-likeness (QED) is 0.185. The van der Waals surface area contributed by atoms with Crippen LogP contribution in [0.4, 0.5) is 0 Å². The Kier molecular flexibility index (Phi) is 5.91. The fourth-order valence-electron chi connectivity index (χ4n) is 7.61. The number of benzene rings is 8. The fraction of sp³-hybridized carbons (Fsp3) is 0. The number of fused-ring (bicyclic) bond motifs is 7. The van der Waals surface area contributed by atoms with Crippen molar-refractivity contribution in [3.05, 3.63) is 170 Å². The summed E-state index contributed by atoms with van der Waals surface area (Å²) >= 11 is 0. The van der Waals surface area contributed by atoms with E-state index in [2.05, 4.69) is 164 Å². The molecule has 2 aromatic heterocycles. The molecule has 0 saturated carbocycles. The summed E-state index contributed by atoms with van der Waals surface area (Å²) in [7, 11) is 0. The van der Waals surface area contributed by atoms with Crippen LogP contribution in [-0.2, 0) is 0 Å². The van der Waals surface area contributed by atoms with Gasteiger partial charge >= 0.3 is 0 Å². The van der Waals surface area contributed by atoms with E-state index < -0.39 is 0 Å². The Hall–Kier alpha value is -6.38. The molecule has 0 aliphatic rings. The van der Waals surface area contributed by atoms with E-state index in [0.29, 0.717) is 0 Å². The van der Waals surface area contributed by atoms with Gasteiger partial charge in [0, 0.05) is 21.9 Å². The van der Waals surface area contributed by atoms with Crippen LogP contribution in [0, 0.1) is 0 Å². The van der Waals surface area contributed by atoms with Crippen LogP contribution in [0.5, 0.6) is 0 Å². The van der Waals surface area contributed by atoms with Crippen molar-refractivity contribution in [2.45, 2.75) is 0 Å². The summed E-state index contributed by atoms with van der Waals surface area (Å²) in [5.41, 5.74) is 10.6. The maximum Gasteiger partial charge on any atom is 0.147 e. The predicted molar refractivity (Wildman–Crippen MR) is 200 cm³/mol. The van der Waals surface area contributed by atoms with Crippen LogP contribution in [-0.4, -0.2) is 0 Å². The van der Waals surface area contributed by atoms with E-state index in [0.717, 1.165) is 60.9 Å². The first-order valence-electron chi connectivity index (χ1n) is 16.4. The highest BCUT2D eigenvalue weighted by Gasteiger charge is 2.23. The van der Waals surface area contributed by atoms with E-state index in [4.69, 9.17) is 8.83 Å². The Morgan fingerprint density at radius 3 is 1.35 bits per heavy atom. The molecule has 2 nitrogen and oxygen atoms in total. The molecule has 0 atom stereocenters. The molecule has 0 N–H and O–H groups in total. The van der Waals surface area contributed by atoms with Gasteiger partial charge in [-0.15, -0.1) is 0 Å². The summed E-state index contributed by atoms with van der Waals surface area (Å²) in [4.78, 5) is 0. The molecule has 0 aliphatic carbocycles. The second kappa shape index (κ2) is 10.6. The Morgan fingerprint density at radius 2 is 0.771 bits per heavy atom. The third-order valence-corrected chi connectivity index (χ3v) is 9.67. The van der Waals surface area contributed by atoms with Gasteiger partial charge in [-0.25, -0.2) is 0 Å². The lowest BCUT2D eigenvalue weighted by atomic mass is 9.86. The van der Waals surface area contributed by atoms with Gasteiger partial charge in [-0.3, -0.25) is 0 Å². The fourth-order valence-corrected chi connectivity index (χ4v) is 7.61. The number of rotatable bonds is 4. The van der Waals surface area contributed by atoms with Crippen molar-refractivity contribution >= 4 is 54.5 Å². The second-order valence-electron chi connectivity index (χ2n) is 12.4. The van der Waals surface area contributed by atoms with Crippen LogP contribution >= 0.6 is 0 Å². The molecule has 2 heteroatoms. The van der Waals surface area contributed by atoms with Crippen LogP contribution in [0.2, 0.25) is 0 Å². The molecule has 0 fully saturated rings. The molecule has 0 amide bonds. The van der Waals surface area contributed by atoms with Crippen molar-refractivity contribution in [1.29, 1.82) is 0 Å². The molecule has 0 radical (unpaired) electrons. The summed E-state index contributed by atoms with van der Waals surface area (Å²) in [6.45, 7) is 0.